The Morgan fingerprint density at radius 1 is 1.50 bits per heavy atom. The topological polar surface area (TPSA) is 87.4 Å². The number of aryl methyl sites for hydroxylation is 1. The van der Waals surface area contributed by atoms with Crippen LogP contribution < -0.4 is 10.6 Å². The van der Waals surface area contributed by atoms with Crippen molar-refractivity contribution in [2.24, 2.45) is 0 Å². The molecule has 0 saturated carbocycles. The molecule has 118 valence electrons. The lowest BCUT2D eigenvalue weighted by Crippen LogP contribution is -2.35. The molecule has 2 atom stereocenters. The molecule has 2 heterocycles. The van der Waals surface area contributed by atoms with Crippen LogP contribution in [-0.4, -0.2) is 34.7 Å². The van der Waals surface area contributed by atoms with Crippen LogP contribution >= 0.6 is 12.4 Å². The molecule has 1 saturated heterocycles. The molecule has 1 fully saturated rings. The number of aliphatic hydroxyl groups excluding tert-OH is 1. The number of rotatable bonds is 3. The number of anilines is 1. The fraction of sp³-hybridized carbons (Fsp3) is 0.333. The van der Waals surface area contributed by atoms with Gasteiger partial charge in [0.25, 0.3) is 0 Å². The summed E-state index contributed by atoms with van der Waals surface area (Å²) in [5.41, 5.74) is 2.29. The van der Waals surface area contributed by atoms with Crippen molar-refractivity contribution in [2.45, 2.75) is 25.5 Å². The van der Waals surface area contributed by atoms with E-state index < -0.39 is 6.10 Å². The Kier molecular flexibility index (Phi) is 5.18. The van der Waals surface area contributed by atoms with Crippen LogP contribution in [0.5, 0.6) is 0 Å². The maximum atomic E-state index is 12.1. The molecule has 0 radical (unpaired) electrons. The Labute approximate surface area is 134 Å². The standard InChI is InChI=1S/C15H17N3O3.ClH/c1-9-8-21-15(17-9)10-3-2-4-11(5-10)18-14(20)13-6-12(19)7-16-13;/h2-5,8,12-13,16,19H,6-7H2,1H3,(H,18,20);1H. The first-order valence-electron chi connectivity index (χ1n) is 6.87. The highest BCUT2D eigenvalue weighted by Crippen LogP contribution is 2.22. The van der Waals surface area contributed by atoms with Gasteiger partial charge in [-0.05, 0) is 31.5 Å². The molecule has 1 aromatic heterocycles. The van der Waals surface area contributed by atoms with E-state index in [1.54, 1.807) is 6.26 Å². The summed E-state index contributed by atoms with van der Waals surface area (Å²) in [5, 5.41) is 15.3. The van der Waals surface area contributed by atoms with E-state index in [0.717, 1.165) is 11.3 Å². The molecule has 7 heteroatoms. The van der Waals surface area contributed by atoms with Crippen LogP contribution in [0.4, 0.5) is 5.69 Å². The Bertz CT molecular complexity index is 659. The molecule has 0 spiro atoms. The van der Waals surface area contributed by atoms with Crippen LogP contribution in [0.25, 0.3) is 11.5 Å². The summed E-state index contributed by atoms with van der Waals surface area (Å²) in [6.07, 6.45) is 1.57. The first-order chi connectivity index (χ1) is 10.1. The summed E-state index contributed by atoms with van der Waals surface area (Å²) >= 11 is 0. The number of β-amino-alcohol motifs (C(OH)–C–C–N with tert-alkyl or cyclic N) is 1. The Hall–Kier alpha value is -1.89. The summed E-state index contributed by atoms with van der Waals surface area (Å²) < 4.78 is 5.35. The van der Waals surface area contributed by atoms with E-state index in [-0.39, 0.29) is 24.4 Å². The summed E-state index contributed by atoms with van der Waals surface area (Å²) in [4.78, 5) is 16.4. The average molecular weight is 324 g/mol. The minimum Gasteiger partial charge on any atom is -0.444 e. The van der Waals surface area contributed by atoms with Crippen LogP contribution in [0.2, 0.25) is 0 Å². The molecule has 22 heavy (non-hydrogen) atoms. The third-order valence-electron chi connectivity index (χ3n) is 3.42. The molecule has 2 unspecified atom stereocenters. The highest BCUT2D eigenvalue weighted by Gasteiger charge is 2.27. The summed E-state index contributed by atoms with van der Waals surface area (Å²) in [5.74, 6) is 0.380. The first-order valence-corrected chi connectivity index (χ1v) is 6.87. The molecule has 1 aliphatic rings. The van der Waals surface area contributed by atoms with Gasteiger partial charge in [0.2, 0.25) is 11.8 Å². The zero-order chi connectivity index (χ0) is 14.8. The third-order valence-corrected chi connectivity index (χ3v) is 3.42. The number of nitrogens with zero attached hydrogens (tertiary/aromatic N) is 1. The smallest absolute Gasteiger partial charge is 0.241 e. The Balaban J connectivity index is 0.00000176. The molecule has 1 aliphatic heterocycles. The van der Waals surface area contributed by atoms with Crippen LogP contribution in [0, 0.1) is 6.92 Å². The zero-order valence-electron chi connectivity index (χ0n) is 12.1. The molecule has 3 N–H and O–H groups in total. The van der Waals surface area contributed by atoms with E-state index in [2.05, 4.69) is 15.6 Å². The lowest BCUT2D eigenvalue weighted by Gasteiger charge is -2.11. The minimum atomic E-state index is -0.456. The number of carbonyl (C=O) groups excluding carboxylic acids is 1. The van der Waals surface area contributed by atoms with Gasteiger partial charge in [0.05, 0.1) is 17.8 Å². The van der Waals surface area contributed by atoms with Crippen molar-refractivity contribution in [3.8, 4) is 11.5 Å². The van der Waals surface area contributed by atoms with Crippen LogP contribution in [0.3, 0.4) is 0 Å². The van der Waals surface area contributed by atoms with Gasteiger partial charge in [-0.2, -0.15) is 0 Å². The summed E-state index contributed by atoms with van der Waals surface area (Å²) in [6, 6.07) is 6.98. The van der Waals surface area contributed by atoms with Gasteiger partial charge in [-0.3, -0.25) is 4.79 Å². The quantitative estimate of drug-likeness (QED) is 0.800. The summed E-state index contributed by atoms with van der Waals surface area (Å²) in [7, 11) is 0. The van der Waals surface area contributed by atoms with Gasteiger partial charge < -0.3 is 20.2 Å². The van der Waals surface area contributed by atoms with Gasteiger partial charge in [0.15, 0.2) is 0 Å². The van der Waals surface area contributed by atoms with Gasteiger partial charge >= 0.3 is 0 Å². The average Bonchev–Trinajstić information content (AvgIpc) is 3.08. The highest BCUT2D eigenvalue weighted by atomic mass is 35.5. The summed E-state index contributed by atoms with van der Waals surface area (Å²) in [6.45, 7) is 2.31. The minimum absolute atomic E-state index is 0. The second-order valence-electron chi connectivity index (χ2n) is 5.21. The number of hydrogen-bond donors (Lipinski definition) is 3. The van der Waals surface area contributed by atoms with Crippen LogP contribution in [-0.2, 0) is 4.79 Å². The van der Waals surface area contributed by atoms with Gasteiger partial charge in [0, 0.05) is 17.8 Å². The van der Waals surface area contributed by atoms with Crippen molar-refractivity contribution in [3.05, 3.63) is 36.2 Å². The Morgan fingerprint density at radius 3 is 2.95 bits per heavy atom. The van der Waals surface area contributed by atoms with Crippen LogP contribution in [0.15, 0.2) is 34.9 Å². The van der Waals surface area contributed by atoms with Gasteiger partial charge in [0.1, 0.15) is 6.26 Å². The van der Waals surface area contributed by atoms with E-state index in [1.807, 2.05) is 31.2 Å². The van der Waals surface area contributed by atoms with Crippen molar-refractivity contribution in [1.29, 1.82) is 0 Å². The predicted molar refractivity (Wildman–Crippen MR) is 85.0 cm³/mol. The zero-order valence-corrected chi connectivity index (χ0v) is 12.9. The molecule has 1 aromatic carbocycles. The maximum Gasteiger partial charge on any atom is 0.241 e. The number of aliphatic hydroxyl groups is 1. The van der Waals surface area contributed by atoms with Crippen molar-refractivity contribution in [2.75, 3.05) is 11.9 Å². The van der Waals surface area contributed by atoms with Crippen molar-refractivity contribution >= 4 is 24.0 Å². The number of halogens is 1. The van der Waals surface area contributed by atoms with E-state index in [1.165, 1.54) is 0 Å². The maximum absolute atomic E-state index is 12.1. The molecule has 2 aromatic rings. The second kappa shape index (κ2) is 6.91. The predicted octanol–water partition coefficient (Wildman–Crippen LogP) is 1.73. The first kappa shape index (κ1) is 16.5. The fourth-order valence-electron chi connectivity index (χ4n) is 2.36. The van der Waals surface area contributed by atoms with Gasteiger partial charge in [-0.1, -0.05) is 6.07 Å². The molecule has 6 nitrogen and oxygen atoms in total. The molecule has 1 amide bonds. The Morgan fingerprint density at radius 2 is 2.32 bits per heavy atom. The monoisotopic (exact) mass is 323 g/mol. The fourth-order valence-corrected chi connectivity index (χ4v) is 2.36. The number of aromatic nitrogens is 1. The normalized spacial score (nSPS) is 20.5. The molecule has 0 bridgehead atoms. The number of carbonyl (C=O) groups is 1. The number of benzene rings is 1. The lowest BCUT2D eigenvalue weighted by atomic mass is 10.1. The number of nitrogens with one attached hydrogen (secondary N) is 2. The van der Waals surface area contributed by atoms with Crippen LogP contribution in [0.1, 0.15) is 12.1 Å². The van der Waals surface area contributed by atoms with E-state index in [0.29, 0.717) is 24.5 Å². The second-order valence-corrected chi connectivity index (χ2v) is 5.21. The number of amides is 1. The van der Waals surface area contributed by atoms with E-state index in [9.17, 15) is 9.90 Å². The number of oxazole rings is 1. The van der Waals surface area contributed by atoms with Crippen molar-refractivity contribution in [1.82, 2.24) is 10.3 Å². The SMILES string of the molecule is Cc1coc(-c2cccc(NC(=O)C3CC(O)CN3)c2)n1.Cl. The van der Waals surface area contributed by atoms with Gasteiger partial charge in [-0.15, -0.1) is 12.4 Å². The van der Waals surface area contributed by atoms with Gasteiger partial charge in [-0.25, -0.2) is 4.98 Å². The highest BCUT2D eigenvalue weighted by molar-refractivity contribution is 5.95. The molecule has 3 rings (SSSR count). The van der Waals surface area contributed by atoms with E-state index >= 15 is 0 Å². The van der Waals surface area contributed by atoms with E-state index in [4.69, 9.17) is 4.42 Å². The molecule has 0 aliphatic carbocycles. The van der Waals surface area contributed by atoms with Crippen molar-refractivity contribution < 1.29 is 14.3 Å². The molecular weight excluding hydrogens is 306 g/mol. The number of hydrogen-bond acceptors (Lipinski definition) is 5. The third kappa shape index (κ3) is 3.65. The molecular formula is C15H18ClN3O3. The lowest BCUT2D eigenvalue weighted by molar-refractivity contribution is -0.117. The van der Waals surface area contributed by atoms with Crippen molar-refractivity contribution in [3.63, 3.8) is 0 Å². The largest absolute Gasteiger partial charge is 0.444 e.